The van der Waals surface area contributed by atoms with E-state index in [2.05, 4.69) is 5.92 Å². The number of hydrogen-bond donors (Lipinski definition) is 0. The second-order valence-electron chi connectivity index (χ2n) is 2.38. The molecule has 0 aliphatic rings. The average molecular weight is 182 g/mol. The third kappa shape index (κ3) is 2.75. The largest absolute Gasteiger partial charge is 0.489 e. The smallest absolute Gasteiger partial charge is 0.165 e. The van der Waals surface area contributed by atoms with Crippen molar-refractivity contribution >= 4 is 0 Å². The van der Waals surface area contributed by atoms with Crippen molar-refractivity contribution < 1.29 is 13.5 Å². The summed E-state index contributed by atoms with van der Waals surface area (Å²) in [5, 5.41) is 0. The summed E-state index contributed by atoms with van der Waals surface area (Å²) in [4.78, 5) is 0. The van der Waals surface area contributed by atoms with Crippen LogP contribution in [-0.2, 0) is 0 Å². The van der Waals surface area contributed by atoms with Gasteiger partial charge < -0.3 is 4.74 Å². The molecule has 0 atom stereocenters. The predicted molar refractivity (Wildman–Crippen MR) is 45.3 cm³/mol. The Labute approximate surface area is 75.3 Å². The highest BCUT2D eigenvalue weighted by Crippen LogP contribution is 2.17. The Bertz CT molecular complexity index is 328. The summed E-state index contributed by atoms with van der Waals surface area (Å²) in [6, 6.07) is 3.04. The van der Waals surface area contributed by atoms with Crippen molar-refractivity contribution in [2.24, 2.45) is 0 Å². The monoisotopic (exact) mass is 182 g/mol. The summed E-state index contributed by atoms with van der Waals surface area (Å²) in [6.45, 7) is 0.191. The molecule has 0 spiro atoms. The van der Waals surface area contributed by atoms with Gasteiger partial charge in [-0.2, -0.15) is 0 Å². The van der Waals surface area contributed by atoms with E-state index in [0.717, 1.165) is 18.2 Å². The molecule has 1 nitrogen and oxygen atoms in total. The molecular weight excluding hydrogens is 174 g/mol. The van der Waals surface area contributed by atoms with Gasteiger partial charge in [0.1, 0.15) is 5.82 Å². The van der Waals surface area contributed by atoms with Crippen molar-refractivity contribution in [3.63, 3.8) is 0 Å². The lowest BCUT2D eigenvalue weighted by molar-refractivity contribution is 0.308. The van der Waals surface area contributed by atoms with Crippen LogP contribution in [0.5, 0.6) is 5.75 Å². The molecule has 0 fully saturated rings. The van der Waals surface area contributed by atoms with E-state index in [1.807, 2.05) is 0 Å². The minimum Gasteiger partial charge on any atom is -0.489 e. The Kier molecular flexibility index (Phi) is 3.27. The zero-order valence-corrected chi connectivity index (χ0v) is 6.89. The summed E-state index contributed by atoms with van der Waals surface area (Å²) in [6.07, 6.45) is 5.33. The van der Waals surface area contributed by atoms with Crippen LogP contribution in [0.15, 0.2) is 18.2 Å². The first kappa shape index (κ1) is 9.53. The number of hydrogen-bond acceptors (Lipinski definition) is 1. The maximum atomic E-state index is 12.9. The van der Waals surface area contributed by atoms with E-state index in [0.29, 0.717) is 6.42 Å². The summed E-state index contributed by atoms with van der Waals surface area (Å²) in [5.41, 5.74) is 0. The first-order chi connectivity index (χ1) is 6.24. The number of terminal acetylenes is 1. The fourth-order valence-corrected chi connectivity index (χ4v) is 0.808. The maximum absolute atomic E-state index is 12.9. The highest BCUT2D eigenvalue weighted by molar-refractivity contribution is 5.24. The fourth-order valence-electron chi connectivity index (χ4n) is 0.808. The number of halogens is 2. The van der Waals surface area contributed by atoms with Gasteiger partial charge in [0.2, 0.25) is 0 Å². The van der Waals surface area contributed by atoms with Crippen LogP contribution >= 0.6 is 0 Å². The van der Waals surface area contributed by atoms with Crippen molar-refractivity contribution in [2.45, 2.75) is 6.42 Å². The van der Waals surface area contributed by atoms with E-state index in [1.54, 1.807) is 0 Å². The molecule has 0 bridgehead atoms. The Morgan fingerprint density at radius 2 is 2.15 bits per heavy atom. The van der Waals surface area contributed by atoms with E-state index in [4.69, 9.17) is 11.2 Å². The van der Waals surface area contributed by atoms with E-state index in [1.165, 1.54) is 0 Å². The summed E-state index contributed by atoms with van der Waals surface area (Å²) in [7, 11) is 0. The van der Waals surface area contributed by atoms with E-state index >= 15 is 0 Å². The predicted octanol–water partition coefficient (Wildman–Crippen LogP) is 2.37. The molecule has 1 rings (SSSR count). The summed E-state index contributed by atoms with van der Waals surface area (Å²) >= 11 is 0. The van der Waals surface area contributed by atoms with Crippen LogP contribution in [-0.4, -0.2) is 6.61 Å². The van der Waals surface area contributed by atoms with Crippen molar-refractivity contribution in [1.82, 2.24) is 0 Å². The first-order valence-electron chi connectivity index (χ1n) is 3.75. The van der Waals surface area contributed by atoms with Gasteiger partial charge in [0.25, 0.3) is 0 Å². The van der Waals surface area contributed by atoms with Crippen molar-refractivity contribution in [2.75, 3.05) is 6.61 Å². The van der Waals surface area contributed by atoms with Crippen LogP contribution in [0, 0.1) is 24.0 Å². The van der Waals surface area contributed by atoms with Crippen LogP contribution in [0.1, 0.15) is 6.42 Å². The summed E-state index contributed by atoms with van der Waals surface area (Å²) in [5.74, 6) is 1.11. The summed E-state index contributed by atoms with van der Waals surface area (Å²) < 4.78 is 30.3. The molecule has 3 heteroatoms. The molecule has 0 saturated carbocycles. The molecule has 0 amide bonds. The van der Waals surface area contributed by atoms with Crippen molar-refractivity contribution in [1.29, 1.82) is 0 Å². The second-order valence-corrected chi connectivity index (χ2v) is 2.38. The van der Waals surface area contributed by atoms with Gasteiger partial charge in [-0.05, 0) is 12.1 Å². The average Bonchev–Trinajstić information content (AvgIpc) is 2.11. The Hall–Kier alpha value is -1.56. The molecule has 13 heavy (non-hydrogen) atoms. The van der Waals surface area contributed by atoms with E-state index in [9.17, 15) is 8.78 Å². The van der Waals surface area contributed by atoms with Gasteiger partial charge in [-0.15, -0.1) is 12.3 Å². The zero-order chi connectivity index (χ0) is 9.68. The van der Waals surface area contributed by atoms with Gasteiger partial charge in [0.05, 0.1) is 6.61 Å². The minimum atomic E-state index is -0.585. The molecule has 1 aromatic carbocycles. The van der Waals surface area contributed by atoms with Gasteiger partial charge in [0.15, 0.2) is 11.6 Å². The first-order valence-corrected chi connectivity index (χ1v) is 3.75. The lowest BCUT2D eigenvalue weighted by atomic mass is 10.3. The van der Waals surface area contributed by atoms with Crippen LogP contribution in [0.4, 0.5) is 8.78 Å². The Morgan fingerprint density at radius 1 is 1.38 bits per heavy atom. The molecule has 0 radical (unpaired) electrons. The molecular formula is C10H8F2O. The normalized spacial score (nSPS) is 9.31. The lowest BCUT2D eigenvalue weighted by Crippen LogP contribution is -1.98. The Balaban J connectivity index is 2.65. The maximum Gasteiger partial charge on any atom is 0.165 e. The van der Waals surface area contributed by atoms with Crippen LogP contribution < -0.4 is 4.74 Å². The Morgan fingerprint density at radius 3 is 2.85 bits per heavy atom. The topological polar surface area (TPSA) is 9.23 Å². The van der Waals surface area contributed by atoms with E-state index < -0.39 is 11.6 Å². The highest BCUT2D eigenvalue weighted by Gasteiger charge is 2.03. The molecule has 0 aliphatic carbocycles. The van der Waals surface area contributed by atoms with Gasteiger partial charge in [-0.25, -0.2) is 8.78 Å². The molecule has 0 aromatic heterocycles. The SMILES string of the molecule is C#CCCOc1cc(F)ccc1F. The minimum absolute atomic E-state index is 0.102. The molecule has 0 aliphatic heterocycles. The number of ether oxygens (including phenoxy) is 1. The second kappa shape index (κ2) is 4.46. The van der Waals surface area contributed by atoms with Gasteiger partial charge in [-0.1, -0.05) is 0 Å². The van der Waals surface area contributed by atoms with Crippen LogP contribution in [0.25, 0.3) is 0 Å². The fraction of sp³-hybridized carbons (Fsp3) is 0.200. The van der Waals surface area contributed by atoms with Crippen molar-refractivity contribution in [3.05, 3.63) is 29.8 Å². The zero-order valence-electron chi connectivity index (χ0n) is 6.89. The van der Waals surface area contributed by atoms with Crippen LogP contribution in [0.2, 0.25) is 0 Å². The third-order valence-corrected chi connectivity index (χ3v) is 1.40. The quantitative estimate of drug-likeness (QED) is 0.515. The van der Waals surface area contributed by atoms with E-state index in [-0.39, 0.29) is 12.4 Å². The lowest BCUT2D eigenvalue weighted by Gasteiger charge is -2.04. The van der Waals surface area contributed by atoms with Gasteiger partial charge >= 0.3 is 0 Å². The standard InChI is InChI=1S/C10H8F2O/c1-2-3-6-13-10-7-8(11)4-5-9(10)12/h1,4-5,7H,3,6H2. The molecule has 68 valence electrons. The molecule has 0 heterocycles. The third-order valence-electron chi connectivity index (χ3n) is 1.40. The molecule has 0 saturated heterocycles. The number of rotatable bonds is 3. The number of benzene rings is 1. The van der Waals surface area contributed by atoms with Crippen molar-refractivity contribution in [3.8, 4) is 18.1 Å². The highest BCUT2D eigenvalue weighted by atomic mass is 19.1. The van der Waals surface area contributed by atoms with Crippen LogP contribution in [0.3, 0.4) is 0 Å². The molecule has 0 unspecified atom stereocenters. The van der Waals surface area contributed by atoms with Gasteiger partial charge in [-0.3, -0.25) is 0 Å². The van der Waals surface area contributed by atoms with Gasteiger partial charge in [0, 0.05) is 12.5 Å². The molecule has 0 N–H and O–H groups in total. The molecule has 1 aromatic rings.